The first-order chi connectivity index (χ1) is 29.5. The highest BCUT2D eigenvalue weighted by atomic mass is 16.6. The Morgan fingerprint density at radius 3 is 1.05 bits per heavy atom. The first kappa shape index (κ1) is 56.9. The number of ether oxygens (including phenoxy) is 3. The minimum absolute atomic E-state index is 0.0892. The van der Waals surface area contributed by atoms with E-state index in [4.69, 9.17) is 14.2 Å². The average molecular weight is 837 g/mol. The second-order valence-corrected chi connectivity index (χ2v) is 16.3. The molecule has 0 aliphatic heterocycles. The first-order valence-electron chi connectivity index (χ1n) is 24.9. The number of hydrogen-bond donors (Lipinski definition) is 0. The van der Waals surface area contributed by atoms with Crippen molar-refractivity contribution in [3.63, 3.8) is 0 Å². The average Bonchev–Trinajstić information content (AvgIpc) is 3.24. The molecule has 0 N–H and O–H groups in total. The van der Waals surface area contributed by atoms with Gasteiger partial charge in [0.25, 0.3) is 0 Å². The molecule has 0 rings (SSSR count). The molecular weight excluding hydrogens is 745 g/mol. The lowest BCUT2D eigenvalue weighted by molar-refractivity contribution is -0.167. The maximum absolute atomic E-state index is 12.7. The molecule has 0 fully saturated rings. The van der Waals surface area contributed by atoms with Crippen LogP contribution in [0.2, 0.25) is 0 Å². The quantitative estimate of drug-likeness (QED) is 0.0263. The Kier molecular flexibility index (Phi) is 46.0. The zero-order valence-corrected chi connectivity index (χ0v) is 39.2. The van der Waals surface area contributed by atoms with Gasteiger partial charge >= 0.3 is 17.9 Å². The van der Waals surface area contributed by atoms with E-state index in [2.05, 4.69) is 93.7 Å². The fourth-order valence-electron chi connectivity index (χ4n) is 6.70. The van der Waals surface area contributed by atoms with Crippen molar-refractivity contribution in [3.05, 3.63) is 72.9 Å². The highest BCUT2D eigenvalue weighted by molar-refractivity contribution is 5.71. The summed E-state index contributed by atoms with van der Waals surface area (Å²) in [6, 6.07) is 0. The molecule has 60 heavy (non-hydrogen) atoms. The summed E-state index contributed by atoms with van der Waals surface area (Å²) in [7, 11) is 0. The van der Waals surface area contributed by atoms with Crippen molar-refractivity contribution in [1.29, 1.82) is 0 Å². The summed E-state index contributed by atoms with van der Waals surface area (Å²) in [6.45, 7) is 6.44. The molecule has 0 heterocycles. The molecule has 0 aliphatic rings. The van der Waals surface area contributed by atoms with E-state index >= 15 is 0 Å². The van der Waals surface area contributed by atoms with Crippen molar-refractivity contribution in [3.8, 4) is 0 Å². The van der Waals surface area contributed by atoms with Crippen molar-refractivity contribution in [1.82, 2.24) is 0 Å². The molecule has 0 saturated heterocycles. The molecule has 0 saturated carbocycles. The molecule has 0 amide bonds. The van der Waals surface area contributed by atoms with Crippen molar-refractivity contribution in [2.45, 2.75) is 239 Å². The standard InChI is InChI=1S/C54H92O6/c1-4-7-10-13-16-18-20-22-24-26-27-28-30-31-33-35-38-41-44-47-53(56)59-50-51(49-58-52(55)46-43-40-37-15-12-9-6-3)60-54(57)48-45-42-39-36-34-32-29-25-23-21-19-17-14-11-8-5-2/h7,10,16,18,22,24-25,27-29,31,33,51H,4-6,8-9,11-15,17,19-21,23,26,30,32,34-50H2,1-3H3/b10-7-,18-16-,24-22-,28-27-,29-25-,33-31-. The van der Waals surface area contributed by atoms with E-state index in [1.54, 1.807) is 0 Å². The van der Waals surface area contributed by atoms with Crippen LogP contribution in [0.3, 0.4) is 0 Å². The second kappa shape index (κ2) is 48.5. The molecular formula is C54H92O6. The van der Waals surface area contributed by atoms with Gasteiger partial charge in [0.2, 0.25) is 0 Å². The van der Waals surface area contributed by atoms with Crippen LogP contribution in [0.5, 0.6) is 0 Å². The molecule has 0 spiro atoms. The molecule has 0 aromatic heterocycles. The lowest BCUT2D eigenvalue weighted by Crippen LogP contribution is -2.30. The number of esters is 3. The Balaban J connectivity index is 4.35. The highest BCUT2D eigenvalue weighted by Gasteiger charge is 2.19. The van der Waals surface area contributed by atoms with Crippen LogP contribution in [-0.2, 0) is 28.6 Å². The number of carbonyl (C=O) groups excluding carboxylic acids is 3. The summed E-state index contributed by atoms with van der Waals surface area (Å²) in [5.74, 6) is -0.938. The molecule has 344 valence electrons. The van der Waals surface area contributed by atoms with E-state index in [-0.39, 0.29) is 31.1 Å². The Hall–Kier alpha value is -3.15. The van der Waals surface area contributed by atoms with Gasteiger partial charge in [-0.3, -0.25) is 14.4 Å². The van der Waals surface area contributed by atoms with Crippen molar-refractivity contribution >= 4 is 17.9 Å². The Bertz CT molecular complexity index is 1140. The third-order valence-corrected chi connectivity index (χ3v) is 10.4. The number of allylic oxidation sites excluding steroid dienone is 12. The number of rotatable bonds is 44. The number of hydrogen-bond acceptors (Lipinski definition) is 6. The van der Waals surface area contributed by atoms with Gasteiger partial charge in [-0.1, -0.05) is 196 Å². The summed E-state index contributed by atoms with van der Waals surface area (Å²) in [4.78, 5) is 37.7. The third kappa shape index (κ3) is 45.9. The van der Waals surface area contributed by atoms with Crippen LogP contribution < -0.4 is 0 Å². The summed E-state index contributed by atoms with van der Waals surface area (Å²) in [5, 5.41) is 0. The van der Waals surface area contributed by atoms with E-state index < -0.39 is 6.10 Å². The highest BCUT2D eigenvalue weighted by Crippen LogP contribution is 2.13. The van der Waals surface area contributed by atoms with Crippen LogP contribution in [0, 0.1) is 0 Å². The molecule has 1 atom stereocenters. The van der Waals surface area contributed by atoms with E-state index in [1.807, 2.05) is 0 Å². The minimum atomic E-state index is -0.789. The van der Waals surface area contributed by atoms with Crippen molar-refractivity contribution < 1.29 is 28.6 Å². The van der Waals surface area contributed by atoms with Crippen LogP contribution >= 0.6 is 0 Å². The van der Waals surface area contributed by atoms with E-state index in [9.17, 15) is 14.4 Å². The molecule has 0 aliphatic carbocycles. The van der Waals surface area contributed by atoms with Gasteiger partial charge in [-0.05, 0) is 89.9 Å². The van der Waals surface area contributed by atoms with Crippen molar-refractivity contribution in [2.24, 2.45) is 0 Å². The normalized spacial score (nSPS) is 12.7. The lowest BCUT2D eigenvalue weighted by Gasteiger charge is -2.18. The SMILES string of the molecule is CC/C=C\C/C=C\C/C=C\C/C=C\C/C=C\CCCCCC(=O)OCC(COC(=O)CCCCCCCCC)OC(=O)CCCCCCC/C=C\CCCCCCCCC. The van der Waals surface area contributed by atoms with Crippen LogP contribution in [0.4, 0.5) is 0 Å². The summed E-state index contributed by atoms with van der Waals surface area (Å²) in [5.41, 5.74) is 0. The summed E-state index contributed by atoms with van der Waals surface area (Å²) >= 11 is 0. The molecule has 0 aromatic carbocycles. The fourth-order valence-corrected chi connectivity index (χ4v) is 6.70. The van der Waals surface area contributed by atoms with Gasteiger partial charge in [0, 0.05) is 19.3 Å². The van der Waals surface area contributed by atoms with Gasteiger partial charge in [0.15, 0.2) is 6.10 Å². The van der Waals surface area contributed by atoms with E-state index in [0.29, 0.717) is 19.3 Å². The van der Waals surface area contributed by atoms with Crippen LogP contribution in [0.15, 0.2) is 72.9 Å². The van der Waals surface area contributed by atoms with Gasteiger partial charge in [-0.25, -0.2) is 0 Å². The third-order valence-electron chi connectivity index (χ3n) is 10.4. The molecule has 0 bridgehead atoms. The topological polar surface area (TPSA) is 78.9 Å². The minimum Gasteiger partial charge on any atom is -0.462 e. The number of unbranched alkanes of at least 4 members (excludes halogenated alkanes) is 21. The monoisotopic (exact) mass is 837 g/mol. The van der Waals surface area contributed by atoms with Crippen LogP contribution in [0.25, 0.3) is 0 Å². The predicted molar refractivity (Wildman–Crippen MR) is 256 cm³/mol. The van der Waals surface area contributed by atoms with Gasteiger partial charge in [-0.2, -0.15) is 0 Å². The molecule has 0 radical (unpaired) electrons. The lowest BCUT2D eigenvalue weighted by atomic mass is 10.1. The van der Waals surface area contributed by atoms with Crippen LogP contribution in [0.1, 0.15) is 233 Å². The first-order valence-corrected chi connectivity index (χ1v) is 24.9. The maximum atomic E-state index is 12.7. The van der Waals surface area contributed by atoms with E-state index in [1.165, 1.54) is 83.5 Å². The molecule has 0 aromatic rings. The fraction of sp³-hybridized carbons (Fsp3) is 0.722. The summed E-state index contributed by atoms with van der Waals surface area (Å²) in [6.07, 6.45) is 60.4. The van der Waals surface area contributed by atoms with Gasteiger partial charge in [0.1, 0.15) is 13.2 Å². The molecule has 1 unspecified atom stereocenters. The summed E-state index contributed by atoms with van der Waals surface area (Å²) < 4.78 is 16.7. The molecule has 6 nitrogen and oxygen atoms in total. The van der Waals surface area contributed by atoms with E-state index in [0.717, 1.165) is 109 Å². The Labute approximate surface area is 370 Å². The van der Waals surface area contributed by atoms with Crippen molar-refractivity contribution in [2.75, 3.05) is 13.2 Å². The maximum Gasteiger partial charge on any atom is 0.306 e. The zero-order valence-electron chi connectivity index (χ0n) is 39.2. The molecule has 6 heteroatoms. The largest absolute Gasteiger partial charge is 0.462 e. The number of carbonyl (C=O) groups is 3. The van der Waals surface area contributed by atoms with Gasteiger partial charge in [-0.15, -0.1) is 0 Å². The Morgan fingerprint density at radius 2 is 0.650 bits per heavy atom. The van der Waals surface area contributed by atoms with Gasteiger partial charge in [0.05, 0.1) is 0 Å². The second-order valence-electron chi connectivity index (χ2n) is 16.3. The Morgan fingerprint density at radius 1 is 0.350 bits per heavy atom. The predicted octanol–water partition coefficient (Wildman–Crippen LogP) is 16.3. The smallest absolute Gasteiger partial charge is 0.306 e. The van der Waals surface area contributed by atoms with Gasteiger partial charge < -0.3 is 14.2 Å². The van der Waals surface area contributed by atoms with Crippen LogP contribution in [-0.4, -0.2) is 37.2 Å². The zero-order chi connectivity index (χ0) is 43.7.